The Morgan fingerprint density at radius 3 is 2.24 bits per heavy atom. The minimum absolute atomic E-state index is 0.0420. The van der Waals surface area contributed by atoms with Crippen molar-refractivity contribution in [3.8, 4) is 0 Å². The fraction of sp³-hybridized carbons (Fsp3) is 0.923. The number of hydrogen-bond acceptors (Lipinski definition) is 3. The molecule has 2 bridgehead atoms. The highest BCUT2D eigenvalue weighted by atomic mass is 16.2. The van der Waals surface area contributed by atoms with Gasteiger partial charge < -0.3 is 10.2 Å². The Labute approximate surface area is 104 Å². The molecule has 0 aliphatic carbocycles. The van der Waals surface area contributed by atoms with E-state index >= 15 is 0 Å². The number of amides is 1. The Kier molecular flexibility index (Phi) is 3.73. The van der Waals surface area contributed by atoms with Crippen LogP contribution in [0.4, 0.5) is 0 Å². The molecule has 0 radical (unpaired) electrons. The molecule has 4 heteroatoms. The average Bonchev–Trinajstić information content (AvgIpc) is 2.57. The van der Waals surface area contributed by atoms with E-state index in [-0.39, 0.29) is 11.9 Å². The van der Waals surface area contributed by atoms with Crippen LogP contribution in [-0.2, 0) is 4.79 Å². The maximum Gasteiger partial charge on any atom is 0.239 e. The second-order valence-electron chi connectivity index (χ2n) is 5.70. The van der Waals surface area contributed by atoms with Gasteiger partial charge in [-0.2, -0.15) is 0 Å². The summed E-state index contributed by atoms with van der Waals surface area (Å²) in [5.41, 5.74) is 0. The number of likely N-dealkylation sites (N-methyl/N-ethyl adjacent to an activating group) is 1. The number of piperidine rings is 1. The summed E-state index contributed by atoms with van der Waals surface area (Å²) >= 11 is 0. The molecule has 4 nitrogen and oxygen atoms in total. The molecule has 17 heavy (non-hydrogen) atoms. The van der Waals surface area contributed by atoms with Gasteiger partial charge in [0.15, 0.2) is 0 Å². The van der Waals surface area contributed by atoms with Gasteiger partial charge in [-0.05, 0) is 39.7 Å². The van der Waals surface area contributed by atoms with Gasteiger partial charge in [-0.15, -0.1) is 0 Å². The molecule has 0 aromatic heterocycles. The zero-order valence-corrected chi connectivity index (χ0v) is 11.4. The van der Waals surface area contributed by atoms with Crippen molar-refractivity contribution in [2.24, 2.45) is 0 Å². The topological polar surface area (TPSA) is 35.6 Å². The molecular weight excluding hydrogens is 214 g/mol. The monoisotopic (exact) mass is 239 g/mol. The van der Waals surface area contributed by atoms with Crippen molar-refractivity contribution in [1.82, 2.24) is 15.1 Å². The van der Waals surface area contributed by atoms with Gasteiger partial charge in [-0.25, -0.2) is 0 Å². The number of carbonyl (C=O) groups excluding carboxylic acids is 1. The number of rotatable bonds is 3. The molecule has 2 aliphatic heterocycles. The Morgan fingerprint density at radius 1 is 1.29 bits per heavy atom. The van der Waals surface area contributed by atoms with Gasteiger partial charge in [0.1, 0.15) is 0 Å². The van der Waals surface area contributed by atoms with Crippen LogP contribution in [0.15, 0.2) is 0 Å². The van der Waals surface area contributed by atoms with Crippen LogP contribution >= 0.6 is 0 Å². The summed E-state index contributed by atoms with van der Waals surface area (Å²) in [6.45, 7) is 2.06. The average molecular weight is 239 g/mol. The van der Waals surface area contributed by atoms with E-state index in [4.69, 9.17) is 0 Å². The van der Waals surface area contributed by atoms with E-state index in [1.807, 2.05) is 21.1 Å². The minimum atomic E-state index is 0.0420. The van der Waals surface area contributed by atoms with Crippen LogP contribution in [0.2, 0.25) is 0 Å². The highest BCUT2D eigenvalue weighted by Gasteiger charge is 2.44. The Morgan fingerprint density at radius 2 is 1.82 bits per heavy atom. The van der Waals surface area contributed by atoms with Gasteiger partial charge in [0.05, 0.1) is 6.04 Å². The molecule has 0 spiro atoms. The SMILES string of the molecule is CNC1CC2CCC(C1)N2C(C)C(=O)N(C)C. The van der Waals surface area contributed by atoms with Crippen LogP contribution < -0.4 is 5.32 Å². The van der Waals surface area contributed by atoms with Gasteiger partial charge in [0.2, 0.25) is 5.91 Å². The molecule has 2 heterocycles. The van der Waals surface area contributed by atoms with E-state index in [0.717, 1.165) is 0 Å². The lowest BCUT2D eigenvalue weighted by molar-refractivity contribution is -0.135. The first-order chi connectivity index (χ1) is 8.04. The van der Waals surface area contributed by atoms with E-state index in [2.05, 4.69) is 17.1 Å². The van der Waals surface area contributed by atoms with Crippen molar-refractivity contribution < 1.29 is 4.79 Å². The molecule has 0 aromatic rings. The summed E-state index contributed by atoms with van der Waals surface area (Å²) in [7, 11) is 5.75. The summed E-state index contributed by atoms with van der Waals surface area (Å²) in [6.07, 6.45) is 4.90. The van der Waals surface area contributed by atoms with Crippen LogP contribution in [0.3, 0.4) is 0 Å². The summed E-state index contributed by atoms with van der Waals surface area (Å²) in [5.74, 6) is 0.241. The van der Waals surface area contributed by atoms with Gasteiger partial charge in [-0.1, -0.05) is 0 Å². The zero-order chi connectivity index (χ0) is 12.6. The van der Waals surface area contributed by atoms with Crippen molar-refractivity contribution >= 4 is 5.91 Å². The molecule has 1 N–H and O–H groups in total. The molecule has 1 amide bonds. The lowest BCUT2D eigenvalue weighted by Gasteiger charge is -2.42. The van der Waals surface area contributed by atoms with Crippen LogP contribution in [0, 0.1) is 0 Å². The number of carbonyl (C=O) groups is 1. The van der Waals surface area contributed by atoms with Crippen molar-refractivity contribution in [2.45, 2.75) is 56.8 Å². The third-order valence-corrected chi connectivity index (χ3v) is 4.44. The molecule has 2 fully saturated rings. The third kappa shape index (κ3) is 2.33. The van der Waals surface area contributed by atoms with E-state index in [1.54, 1.807) is 4.90 Å². The molecular formula is C13H25N3O. The Hall–Kier alpha value is -0.610. The van der Waals surface area contributed by atoms with E-state index in [1.165, 1.54) is 25.7 Å². The van der Waals surface area contributed by atoms with Crippen LogP contribution in [0.5, 0.6) is 0 Å². The Bertz CT molecular complexity index is 278. The number of nitrogens with one attached hydrogen (secondary N) is 1. The van der Waals surface area contributed by atoms with Gasteiger partial charge in [0.25, 0.3) is 0 Å². The van der Waals surface area contributed by atoms with E-state index < -0.39 is 0 Å². The van der Waals surface area contributed by atoms with Gasteiger partial charge >= 0.3 is 0 Å². The highest BCUT2D eigenvalue weighted by Crippen LogP contribution is 2.37. The fourth-order valence-electron chi connectivity index (χ4n) is 3.58. The van der Waals surface area contributed by atoms with E-state index in [0.29, 0.717) is 18.1 Å². The van der Waals surface area contributed by atoms with Gasteiger partial charge in [0, 0.05) is 32.2 Å². The third-order valence-electron chi connectivity index (χ3n) is 4.44. The van der Waals surface area contributed by atoms with Crippen LogP contribution in [0.25, 0.3) is 0 Å². The lowest BCUT2D eigenvalue weighted by atomic mass is 9.95. The molecule has 3 unspecified atom stereocenters. The first-order valence-corrected chi connectivity index (χ1v) is 6.70. The number of nitrogens with zero attached hydrogens (tertiary/aromatic N) is 2. The van der Waals surface area contributed by atoms with Gasteiger partial charge in [-0.3, -0.25) is 9.69 Å². The first-order valence-electron chi connectivity index (χ1n) is 6.70. The molecule has 98 valence electrons. The quantitative estimate of drug-likeness (QED) is 0.786. The first kappa shape index (κ1) is 12.8. The minimum Gasteiger partial charge on any atom is -0.347 e. The van der Waals surface area contributed by atoms with E-state index in [9.17, 15) is 4.79 Å². The standard InChI is InChI=1S/C13H25N3O/c1-9(13(17)15(3)4)16-11-5-6-12(16)8-10(7-11)14-2/h9-12,14H,5-8H2,1-4H3. The van der Waals surface area contributed by atoms with Crippen LogP contribution in [-0.4, -0.2) is 61.0 Å². The van der Waals surface area contributed by atoms with Crippen molar-refractivity contribution in [3.63, 3.8) is 0 Å². The van der Waals surface area contributed by atoms with Crippen LogP contribution in [0.1, 0.15) is 32.6 Å². The molecule has 0 aromatic carbocycles. The smallest absolute Gasteiger partial charge is 0.239 e. The summed E-state index contributed by atoms with van der Waals surface area (Å²) < 4.78 is 0. The Balaban J connectivity index is 2.06. The fourth-order valence-corrected chi connectivity index (χ4v) is 3.58. The molecule has 2 rings (SSSR count). The molecule has 0 saturated carbocycles. The lowest BCUT2D eigenvalue weighted by Crippen LogP contribution is -2.55. The predicted octanol–water partition coefficient (Wildman–Crippen LogP) is 0.678. The number of fused-ring (bicyclic) bond motifs is 2. The van der Waals surface area contributed by atoms with Crippen molar-refractivity contribution in [3.05, 3.63) is 0 Å². The summed E-state index contributed by atoms with van der Waals surface area (Å²) in [4.78, 5) is 16.3. The zero-order valence-electron chi connectivity index (χ0n) is 11.4. The van der Waals surface area contributed by atoms with Crippen molar-refractivity contribution in [2.75, 3.05) is 21.1 Å². The molecule has 2 saturated heterocycles. The molecule has 2 aliphatic rings. The highest BCUT2D eigenvalue weighted by molar-refractivity contribution is 5.81. The largest absolute Gasteiger partial charge is 0.347 e. The maximum absolute atomic E-state index is 12.1. The molecule has 3 atom stereocenters. The summed E-state index contributed by atoms with van der Waals surface area (Å²) in [5, 5.41) is 3.39. The summed E-state index contributed by atoms with van der Waals surface area (Å²) in [6, 6.07) is 1.89. The van der Waals surface area contributed by atoms with Crippen molar-refractivity contribution in [1.29, 1.82) is 0 Å². The maximum atomic E-state index is 12.1. The normalized spacial score (nSPS) is 34.7. The second-order valence-corrected chi connectivity index (χ2v) is 5.70. The second kappa shape index (κ2) is 4.94. The number of hydrogen-bond donors (Lipinski definition) is 1. The predicted molar refractivity (Wildman–Crippen MR) is 68.9 cm³/mol.